The Bertz CT molecular complexity index is 567. The minimum absolute atomic E-state index is 0.0138. The fourth-order valence-corrected chi connectivity index (χ4v) is 1.54. The maximum atomic E-state index is 11.5. The number of carbonyl (C=O) groups is 1. The summed E-state index contributed by atoms with van der Waals surface area (Å²) in [5.74, 6) is 1.65. The number of aryl methyl sites for hydroxylation is 1. The molecule has 0 spiro atoms. The summed E-state index contributed by atoms with van der Waals surface area (Å²) in [6.07, 6.45) is 4.87. The number of carbonyl (C=O) groups excluding carboxylic acids is 1. The van der Waals surface area contributed by atoms with Gasteiger partial charge in [-0.2, -0.15) is 0 Å². The molecule has 1 N–H and O–H groups in total. The van der Waals surface area contributed by atoms with Gasteiger partial charge in [-0.1, -0.05) is 0 Å². The zero-order chi connectivity index (χ0) is 13.7. The van der Waals surface area contributed by atoms with Crippen molar-refractivity contribution >= 4 is 11.7 Å². The summed E-state index contributed by atoms with van der Waals surface area (Å²) < 4.78 is 6.82. The van der Waals surface area contributed by atoms with Gasteiger partial charge in [-0.15, -0.1) is 0 Å². The van der Waals surface area contributed by atoms with E-state index in [0.717, 1.165) is 5.82 Å². The van der Waals surface area contributed by atoms with Crippen molar-refractivity contribution in [3.63, 3.8) is 0 Å². The van der Waals surface area contributed by atoms with Crippen LogP contribution >= 0.6 is 0 Å². The molecule has 0 aliphatic carbocycles. The summed E-state index contributed by atoms with van der Waals surface area (Å²) in [6, 6.07) is 1.68. The average molecular weight is 261 g/mol. The first-order valence-corrected chi connectivity index (χ1v) is 5.90. The van der Waals surface area contributed by atoms with Crippen molar-refractivity contribution in [1.29, 1.82) is 0 Å². The van der Waals surface area contributed by atoms with Crippen molar-refractivity contribution < 1.29 is 9.53 Å². The summed E-state index contributed by atoms with van der Waals surface area (Å²) in [7, 11) is 0. The molecule has 0 saturated carbocycles. The zero-order valence-electron chi connectivity index (χ0n) is 10.8. The van der Waals surface area contributed by atoms with Crippen LogP contribution in [0.1, 0.15) is 12.7 Å². The number of anilines is 1. The Morgan fingerprint density at radius 1 is 1.42 bits per heavy atom. The number of hydrogen-bond donors (Lipinski definition) is 1. The van der Waals surface area contributed by atoms with Crippen LogP contribution in [0.25, 0.3) is 5.82 Å². The Kier molecular flexibility index (Phi) is 4.19. The standard InChI is InChI=1S/C12H15N5O2/c1-3-19-7-12(18)16-10-6-11(15-8-14-10)17-5-4-13-9(17)2/h4-6,8H,3,7H2,1-2H3,(H,14,15,16,18). The first kappa shape index (κ1) is 13.2. The molecule has 0 radical (unpaired) electrons. The van der Waals surface area contributed by atoms with Crippen LogP contribution in [0, 0.1) is 6.92 Å². The van der Waals surface area contributed by atoms with E-state index in [1.54, 1.807) is 23.0 Å². The highest BCUT2D eigenvalue weighted by Gasteiger charge is 2.06. The number of aromatic nitrogens is 4. The molecular formula is C12H15N5O2. The Balaban J connectivity index is 2.12. The van der Waals surface area contributed by atoms with Crippen LogP contribution in [0.5, 0.6) is 0 Å². The van der Waals surface area contributed by atoms with Crippen molar-refractivity contribution in [2.45, 2.75) is 13.8 Å². The number of amides is 1. The molecule has 19 heavy (non-hydrogen) atoms. The number of rotatable bonds is 5. The van der Waals surface area contributed by atoms with Gasteiger partial charge in [-0.25, -0.2) is 15.0 Å². The Morgan fingerprint density at radius 3 is 2.95 bits per heavy atom. The lowest BCUT2D eigenvalue weighted by atomic mass is 10.5. The Morgan fingerprint density at radius 2 is 2.26 bits per heavy atom. The highest BCUT2D eigenvalue weighted by molar-refractivity contribution is 5.90. The van der Waals surface area contributed by atoms with E-state index in [2.05, 4.69) is 20.3 Å². The smallest absolute Gasteiger partial charge is 0.251 e. The fraction of sp³-hybridized carbons (Fsp3) is 0.333. The summed E-state index contributed by atoms with van der Waals surface area (Å²) in [4.78, 5) is 23.8. The summed E-state index contributed by atoms with van der Waals surface area (Å²) in [6.45, 7) is 4.21. The predicted octanol–water partition coefficient (Wildman–Crippen LogP) is 0.946. The van der Waals surface area contributed by atoms with Crippen molar-refractivity contribution in [2.75, 3.05) is 18.5 Å². The van der Waals surface area contributed by atoms with Gasteiger partial charge < -0.3 is 10.1 Å². The third-order valence-corrected chi connectivity index (χ3v) is 2.43. The molecule has 2 aromatic rings. The van der Waals surface area contributed by atoms with Crippen LogP contribution in [-0.4, -0.2) is 38.6 Å². The topological polar surface area (TPSA) is 81.9 Å². The predicted molar refractivity (Wildman–Crippen MR) is 69.0 cm³/mol. The second-order valence-corrected chi connectivity index (χ2v) is 3.79. The van der Waals surface area contributed by atoms with Crippen LogP contribution in [0.15, 0.2) is 24.8 Å². The van der Waals surface area contributed by atoms with Crippen molar-refractivity contribution in [3.05, 3.63) is 30.6 Å². The molecule has 1 amide bonds. The average Bonchev–Trinajstić information content (AvgIpc) is 2.83. The molecule has 0 aliphatic heterocycles. The number of nitrogens with zero attached hydrogens (tertiary/aromatic N) is 4. The molecule has 2 rings (SSSR count). The SMILES string of the molecule is CCOCC(=O)Nc1cc(-n2ccnc2C)ncn1. The number of hydrogen-bond acceptors (Lipinski definition) is 5. The van der Waals surface area contributed by atoms with E-state index < -0.39 is 0 Å². The first-order valence-electron chi connectivity index (χ1n) is 5.90. The molecule has 7 nitrogen and oxygen atoms in total. The first-order chi connectivity index (χ1) is 9.20. The maximum Gasteiger partial charge on any atom is 0.251 e. The van der Waals surface area contributed by atoms with E-state index in [-0.39, 0.29) is 12.5 Å². The zero-order valence-corrected chi connectivity index (χ0v) is 10.8. The second-order valence-electron chi connectivity index (χ2n) is 3.79. The molecule has 7 heteroatoms. The molecule has 2 heterocycles. The molecule has 2 aromatic heterocycles. The van der Waals surface area contributed by atoms with Gasteiger partial charge in [0.15, 0.2) is 0 Å². The van der Waals surface area contributed by atoms with Crippen LogP contribution in [-0.2, 0) is 9.53 Å². The minimum atomic E-state index is -0.242. The third kappa shape index (κ3) is 3.35. The van der Waals surface area contributed by atoms with E-state index in [1.807, 2.05) is 13.8 Å². The largest absolute Gasteiger partial charge is 0.372 e. The lowest BCUT2D eigenvalue weighted by Gasteiger charge is -2.07. The Hall–Kier alpha value is -2.28. The monoisotopic (exact) mass is 261 g/mol. The Labute approximate surface area is 110 Å². The fourth-order valence-electron chi connectivity index (χ4n) is 1.54. The highest BCUT2D eigenvalue weighted by atomic mass is 16.5. The lowest BCUT2D eigenvalue weighted by Crippen LogP contribution is -2.19. The van der Waals surface area contributed by atoms with Gasteiger partial charge in [0, 0.05) is 25.1 Å². The summed E-state index contributed by atoms with van der Waals surface area (Å²) >= 11 is 0. The molecule has 0 unspecified atom stereocenters. The normalized spacial score (nSPS) is 10.4. The molecule has 0 aliphatic rings. The highest BCUT2D eigenvalue weighted by Crippen LogP contribution is 2.10. The summed E-state index contributed by atoms with van der Waals surface area (Å²) in [5, 5.41) is 2.65. The van der Waals surface area contributed by atoms with Gasteiger partial charge in [0.1, 0.15) is 30.4 Å². The van der Waals surface area contributed by atoms with Gasteiger partial charge in [0.25, 0.3) is 5.91 Å². The van der Waals surface area contributed by atoms with Crippen LogP contribution in [0.3, 0.4) is 0 Å². The lowest BCUT2D eigenvalue weighted by molar-refractivity contribution is -0.120. The quantitative estimate of drug-likeness (QED) is 0.866. The molecule has 0 saturated heterocycles. The number of ether oxygens (including phenoxy) is 1. The van der Waals surface area contributed by atoms with Crippen molar-refractivity contribution in [3.8, 4) is 5.82 Å². The molecule has 100 valence electrons. The van der Waals surface area contributed by atoms with Crippen molar-refractivity contribution in [1.82, 2.24) is 19.5 Å². The number of nitrogens with one attached hydrogen (secondary N) is 1. The van der Waals surface area contributed by atoms with Crippen LogP contribution in [0.4, 0.5) is 5.82 Å². The second kappa shape index (κ2) is 6.05. The minimum Gasteiger partial charge on any atom is -0.372 e. The van der Waals surface area contributed by atoms with Crippen LogP contribution in [0.2, 0.25) is 0 Å². The third-order valence-electron chi connectivity index (χ3n) is 2.43. The van der Waals surface area contributed by atoms with Gasteiger partial charge in [0.2, 0.25) is 0 Å². The number of imidazole rings is 1. The van der Waals surface area contributed by atoms with E-state index in [0.29, 0.717) is 18.2 Å². The van der Waals surface area contributed by atoms with E-state index in [9.17, 15) is 4.79 Å². The van der Waals surface area contributed by atoms with Crippen LogP contribution < -0.4 is 5.32 Å². The molecule has 0 atom stereocenters. The molecular weight excluding hydrogens is 246 g/mol. The molecule has 0 aromatic carbocycles. The van der Waals surface area contributed by atoms with E-state index >= 15 is 0 Å². The van der Waals surface area contributed by atoms with E-state index in [1.165, 1.54) is 6.33 Å². The molecule has 0 bridgehead atoms. The van der Waals surface area contributed by atoms with E-state index in [4.69, 9.17) is 4.74 Å². The molecule has 0 fully saturated rings. The summed E-state index contributed by atoms with van der Waals surface area (Å²) in [5.41, 5.74) is 0. The maximum absolute atomic E-state index is 11.5. The van der Waals surface area contributed by atoms with Crippen molar-refractivity contribution in [2.24, 2.45) is 0 Å². The van der Waals surface area contributed by atoms with Gasteiger partial charge in [-0.3, -0.25) is 9.36 Å². The van der Waals surface area contributed by atoms with Gasteiger partial charge >= 0.3 is 0 Å². The van der Waals surface area contributed by atoms with Gasteiger partial charge in [-0.05, 0) is 13.8 Å². The van der Waals surface area contributed by atoms with Gasteiger partial charge in [0.05, 0.1) is 0 Å².